The third-order valence-electron chi connectivity index (χ3n) is 4.05. The predicted octanol–water partition coefficient (Wildman–Crippen LogP) is 3.98. The van der Waals surface area contributed by atoms with Crippen molar-refractivity contribution in [2.75, 3.05) is 22.4 Å². The van der Waals surface area contributed by atoms with Crippen LogP contribution in [0.5, 0.6) is 0 Å². The number of nitrogens with one attached hydrogen (secondary N) is 1. The first-order chi connectivity index (χ1) is 12.0. The summed E-state index contributed by atoms with van der Waals surface area (Å²) in [5.74, 6) is -0.430. The van der Waals surface area contributed by atoms with E-state index in [4.69, 9.17) is 11.6 Å². The van der Waals surface area contributed by atoms with Crippen molar-refractivity contribution in [2.45, 2.75) is 27.7 Å². The molecule has 1 amide bonds. The van der Waals surface area contributed by atoms with Crippen LogP contribution in [0.4, 0.5) is 11.4 Å². The van der Waals surface area contributed by atoms with Gasteiger partial charge in [-0.2, -0.15) is 0 Å². The largest absolute Gasteiger partial charge is 0.324 e. The quantitative estimate of drug-likeness (QED) is 0.834. The predicted molar refractivity (Wildman–Crippen MR) is 108 cm³/mol. The summed E-state index contributed by atoms with van der Waals surface area (Å²) in [6.45, 7) is 7.16. The Morgan fingerprint density at radius 2 is 1.62 bits per heavy atom. The van der Waals surface area contributed by atoms with Gasteiger partial charge in [-0.15, -0.1) is 0 Å². The number of benzene rings is 2. The Balaban J connectivity index is 2.36. The van der Waals surface area contributed by atoms with Gasteiger partial charge in [-0.3, -0.25) is 9.10 Å². The topological polar surface area (TPSA) is 66.5 Å². The molecule has 5 nitrogen and oxygen atoms in total. The van der Waals surface area contributed by atoms with Gasteiger partial charge in [-0.1, -0.05) is 35.4 Å². The highest BCUT2D eigenvalue weighted by Crippen LogP contribution is 2.28. The van der Waals surface area contributed by atoms with Crippen LogP contribution in [-0.4, -0.2) is 27.1 Å². The number of anilines is 2. The van der Waals surface area contributed by atoms with Crippen LogP contribution in [0.3, 0.4) is 0 Å². The van der Waals surface area contributed by atoms with Gasteiger partial charge >= 0.3 is 0 Å². The molecule has 0 radical (unpaired) electrons. The Kier molecular flexibility index (Phi) is 5.98. The number of nitrogens with zero attached hydrogens (tertiary/aromatic N) is 1. The number of rotatable bonds is 5. The number of sulfonamides is 1. The Morgan fingerprint density at radius 1 is 1.04 bits per heavy atom. The molecule has 0 spiro atoms. The lowest BCUT2D eigenvalue weighted by atomic mass is 10.1. The molecule has 2 aromatic carbocycles. The highest BCUT2D eigenvalue weighted by molar-refractivity contribution is 7.92. The fraction of sp³-hybridized carbons (Fsp3) is 0.316. The lowest BCUT2D eigenvalue weighted by molar-refractivity contribution is -0.114. The molecule has 0 atom stereocenters. The summed E-state index contributed by atoms with van der Waals surface area (Å²) < 4.78 is 25.9. The fourth-order valence-electron chi connectivity index (χ4n) is 2.98. The second-order valence-corrected chi connectivity index (χ2v) is 8.87. The Hall–Kier alpha value is -2.05. The van der Waals surface area contributed by atoms with Crippen molar-refractivity contribution in [1.82, 2.24) is 0 Å². The first-order valence-corrected chi connectivity index (χ1v) is 10.3. The zero-order valence-corrected chi connectivity index (χ0v) is 17.1. The first-order valence-electron chi connectivity index (χ1n) is 8.10. The van der Waals surface area contributed by atoms with Crippen LogP contribution in [-0.2, 0) is 14.8 Å². The van der Waals surface area contributed by atoms with E-state index >= 15 is 0 Å². The standard InChI is InChI=1S/C19H23ClN2O3S/c1-12-8-14(3)19(15(4)9-12)22(26(5,24)25)11-18(23)21-17-10-16(20)7-6-13(17)2/h6-10H,11H2,1-5H3,(H,21,23). The highest BCUT2D eigenvalue weighted by atomic mass is 35.5. The van der Waals surface area contributed by atoms with Crippen LogP contribution in [0.2, 0.25) is 5.02 Å². The monoisotopic (exact) mass is 394 g/mol. The second-order valence-electron chi connectivity index (χ2n) is 6.52. The van der Waals surface area contributed by atoms with Crippen molar-refractivity contribution < 1.29 is 13.2 Å². The maximum absolute atomic E-state index is 12.5. The van der Waals surface area contributed by atoms with Gasteiger partial charge in [0.2, 0.25) is 15.9 Å². The maximum atomic E-state index is 12.5. The van der Waals surface area contributed by atoms with Crippen LogP contribution >= 0.6 is 11.6 Å². The average molecular weight is 395 g/mol. The van der Waals surface area contributed by atoms with Crippen molar-refractivity contribution >= 4 is 38.9 Å². The van der Waals surface area contributed by atoms with Crippen LogP contribution in [0.1, 0.15) is 22.3 Å². The van der Waals surface area contributed by atoms with Gasteiger partial charge in [0, 0.05) is 10.7 Å². The van der Waals surface area contributed by atoms with E-state index in [9.17, 15) is 13.2 Å². The van der Waals surface area contributed by atoms with Gasteiger partial charge in [0.1, 0.15) is 6.54 Å². The number of carbonyl (C=O) groups is 1. The van der Waals surface area contributed by atoms with Crippen LogP contribution < -0.4 is 9.62 Å². The van der Waals surface area contributed by atoms with Crippen LogP contribution in [0.25, 0.3) is 0 Å². The molecule has 7 heteroatoms. The molecule has 140 valence electrons. The summed E-state index contributed by atoms with van der Waals surface area (Å²) in [5, 5.41) is 3.24. The SMILES string of the molecule is Cc1cc(C)c(N(CC(=O)Nc2cc(Cl)ccc2C)S(C)(=O)=O)c(C)c1. The summed E-state index contributed by atoms with van der Waals surface area (Å²) in [7, 11) is -3.64. The van der Waals surface area contributed by atoms with Gasteiger partial charge in [-0.05, 0) is 56.5 Å². The molecule has 26 heavy (non-hydrogen) atoms. The van der Waals surface area contributed by atoms with Crippen LogP contribution in [0.15, 0.2) is 30.3 Å². The molecule has 1 N–H and O–H groups in total. The van der Waals surface area contributed by atoms with Gasteiger partial charge < -0.3 is 5.32 Å². The van der Waals surface area contributed by atoms with Gasteiger partial charge in [-0.25, -0.2) is 8.42 Å². The number of hydrogen-bond acceptors (Lipinski definition) is 3. The number of halogens is 1. The van der Waals surface area contributed by atoms with E-state index in [1.54, 1.807) is 18.2 Å². The molecule has 0 saturated carbocycles. The lowest BCUT2D eigenvalue weighted by Crippen LogP contribution is -2.38. The molecule has 0 aliphatic carbocycles. The Bertz CT molecular complexity index is 932. The lowest BCUT2D eigenvalue weighted by Gasteiger charge is -2.26. The highest BCUT2D eigenvalue weighted by Gasteiger charge is 2.24. The Labute approximate surface area is 160 Å². The molecule has 0 aromatic heterocycles. The van der Waals surface area contributed by atoms with E-state index in [2.05, 4.69) is 5.32 Å². The molecular formula is C19H23ClN2O3S. The van der Waals surface area contributed by atoms with Crippen molar-refractivity contribution in [2.24, 2.45) is 0 Å². The molecule has 0 unspecified atom stereocenters. The zero-order chi connectivity index (χ0) is 19.6. The fourth-order valence-corrected chi connectivity index (χ4v) is 4.12. The van der Waals surface area contributed by atoms with Crippen LogP contribution in [0, 0.1) is 27.7 Å². The maximum Gasteiger partial charge on any atom is 0.245 e. The number of aryl methyl sites for hydroxylation is 4. The number of carbonyl (C=O) groups excluding carboxylic acids is 1. The van der Waals surface area contributed by atoms with E-state index in [0.29, 0.717) is 16.4 Å². The molecule has 0 aliphatic rings. The van der Waals surface area contributed by atoms with Gasteiger partial charge in [0.05, 0.1) is 11.9 Å². The smallest absolute Gasteiger partial charge is 0.245 e. The number of hydrogen-bond donors (Lipinski definition) is 1. The minimum Gasteiger partial charge on any atom is -0.324 e. The molecule has 2 rings (SSSR count). The third kappa shape index (κ3) is 4.77. The van der Waals surface area contributed by atoms with E-state index in [1.165, 1.54) is 0 Å². The summed E-state index contributed by atoms with van der Waals surface area (Å²) >= 11 is 5.97. The summed E-state index contributed by atoms with van der Waals surface area (Å²) in [4.78, 5) is 12.5. The third-order valence-corrected chi connectivity index (χ3v) is 5.39. The summed E-state index contributed by atoms with van der Waals surface area (Å²) in [6.07, 6.45) is 1.10. The molecule has 0 aliphatic heterocycles. The summed E-state index contributed by atoms with van der Waals surface area (Å²) in [6, 6.07) is 8.97. The molecule has 0 fully saturated rings. The van der Waals surface area contributed by atoms with Gasteiger partial charge in [0.25, 0.3) is 0 Å². The van der Waals surface area contributed by atoms with Crippen molar-refractivity contribution in [3.8, 4) is 0 Å². The van der Waals surface area contributed by atoms with E-state index in [1.807, 2.05) is 39.8 Å². The molecule has 0 saturated heterocycles. The van der Waals surface area contributed by atoms with Crippen molar-refractivity contribution in [1.29, 1.82) is 0 Å². The van der Waals surface area contributed by atoms with E-state index in [-0.39, 0.29) is 6.54 Å². The van der Waals surface area contributed by atoms with Crippen molar-refractivity contribution in [3.63, 3.8) is 0 Å². The average Bonchev–Trinajstić information content (AvgIpc) is 2.48. The number of amides is 1. The molecule has 2 aromatic rings. The van der Waals surface area contributed by atoms with E-state index in [0.717, 1.165) is 32.8 Å². The molecule has 0 bridgehead atoms. The van der Waals surface area contributed by atoms with Gasteiger partial charge in [0.15, 0.2) is 0 Å². The van der Waals surface area contributed by atoms with E-state index < -0.39 is 15.9 Å². The molecular weight excluding hydrogens is 372 g/mol. The first kappa shape index (κ1) is 20.3. The zero-order valence-electron chi connectivity index (χ0n) is 15.6. The van der Waals surface area contributed by atoms with Crippen molar-refractivity contribution in [3.05, 3.63) is 57.6 Å². The normalized spacial score (nSPS) is 11.3. The molecule has 0 heterocycles. The minimum atomic E-state index is -3.64. The Morgan fingerprint density at radius 3 is 2.15 bits per heavy atom. The minimum absolute atomic E-state index is 0.310. The second kappa shape index (κ2) is 7.68. The summed E-state index contributed by atoms with van der Waals surface area (Å²) in [5.41, 5.74) is 4.59.